The van der Waals surface area contributed by atoms with Crippen molar-refractivity contribution < 1.29 is 10.2 Å². The first-order chi connectivity index (χ1) is 10.7. The van der Waals surface area contributed by atoms with Crippen molar-refractivity contribution in [3.05, 3.63) is 0 Å². The van der Waals surface area contributed by atoms with E-state index in [0.29, 0.717) is 0 Å². The van der Waals surface area contributed by atoms with Crippen LogP contribution in [0.1, 0.15) is 117 Å². The predicted octanol–water partition coefficient (Wildman–Crippen LogP) is 5.99. The number of unbranched alkanes of at least 4 members (excludes halogenated alkanes) is 9. The molecular weight excluding hydrogens is 272 g/mol. The third kappa shape index (κ3) is 16.3. The third-order valence-corrected chi connectivity index (χ3v) is 4.61. The highest BCUT2D eigenvalue weighted by atomic mass is 16.3. The molecule has 0 radical (unpaired) electrons. The number of rotatable bonds is 17. The Morgan fingerprint density at radius 2 is 0.727 bits per heavy atom. The highest BCUT2D eigenvalue weighted by molar-refractivity contribution is 4.58. The highest BCUT2D eigenvalue weighted by Gasteiger charge is 2.04. The zero-order valence-electron chi connectivity index (χ0n) is 15.4. The molecule has 2 N–H and O–H groups in total. The van der Waals surface area contributed by atoms with Gasteiger partial charge in [-0.05, 0) is 25.7 Å². The lowest BCUT2D eigenvalue weighted by Gasteiger charge is -2.10. The molecule has 0 aliphatic carbocycles. The predicted molar refractivity (Wildman–Crippen MR) is 97.2 cm³/mol. The maximum Gasteiger partial charge on any atom is 0.0540 e. The van der Waals surface area contributed by atoms with Crippen molar-refractivity contribution in [2.24, 2.45) is 0 Å². The Labute approximate surface area is 139 Å². The second-order valence-electron chi connectivity index (χ2n) is 7.00. The molecule has 0 bridgehead atoms. The summed E-state index contributed by atoms with van der Waals surface area (Å²) >= 11 is 0. The minimum Gasteiger partial charge on any atom is -0.393 e. The lowest BCUT2D eigenvalue weighted by atomic mass is 10.0. The molecule has 2 nitrogen and oxygen atoms in total. The summed E-state index contributed by atoms with van der Waals surface area (Å²) < 4.78 is 0. The van der Waals surface area contributed by atoms with Crippen LogP contribution in [0.15, 0.2) is 0 Å². The summed E-state index contributed by atoms with van der Waals surface area (Å²) in [5.41, 5.74) is 0. The van der Waals surface area contributed by atoms with Gasteiger partial charge in [-0.1, -0.05) is 90.9 Å². The van der Waals surface area contributed by atoms with Crippen LogP contribution in [-0.2, 0) is 0 Å². The normalized spacial score (nSPS) is 14.2. The number of hydrogen-bond acceptors (Lipinski definition) is 2. The molecule has 0 saturated carbocycles. The first-order valence-corrected chi connectivity index (χ1v) is 10.1. The minimum absolute atomic E-state index is 0.0650. The van der Waals surface area contributed by atoms with Gasteiger partial charge in [-0.15, -0.1) is 0 Å². The van der Waals surface area contributed by atoms with Crippen molar-refractivity contribution in [3.63, 3.8) is 0 Å². The SMILES string of the molecule is CCCCCC(O)CCCCCCCCC(O)CCCCC. The van der Waals surface area contributed by atoms with E-state index in [9.17, 15) is 10.2 Å². The van der Waals surface area contributed by atoms with Crippen LogP contribution in [0.2, 0.25) is 0 Å². The Morgan fingerprint density at radius 3 is 1.05 bits per heavy atom. The van der Waals surface area contributed by atoms with E-state index in [1.165, 1.54) is 77.0 Å². The molecule has 2 atom stereocenters. The lowest BCUT2D eigenvalue weighted by molar-refractivity contribution is 0.145. The fourth-order valence-electron chi connectivity index (χ4n) is 3.02. The van der Waals surface area contributed by atoms with Crippen molar-refractivity contribution in [2.75, 3.05) is 0 Å². The molecule has 0 aromatic carbocycles. The van der Waals surface area contributed by atoms with Crippen molar-refractivity contribution in [1.29, 1.82) is 0 Å². The fraction of sp³-hybridized carbons (Fsp3) is 1.00. The molecular formula is C20H42O2. The van der Waals surface area contributed by atoms with Gasteiger partial charge in [0.1, 0.15) is 0 Å². The largest absolute Gasteiger partial charge is 0.393 e. The van der Waals surface area contributed by atoms with Crippen LogP contribution in [0, 0.1) is 0 Å². The van der Waals surface area contributed by atoms with Gasteiger partial charge in [0.2, 0.25) is 0 Å². The Morgan fingerprint density at radius 1 is 0.455 bits per heavy atom. The van der Waals surface area contributed by atoms with Gasteiger partial charge in [0, 0.05) is 0 Å². The summed E-state index contributed by atoms with van der Waals surface area (Å²) in [6, 6.07) is 0. The van der Waals surface area contributed by atoms with Gasteiger partial charge < -0.3 is 10.2 Å². The van der Waals surface area contributed by atoms with Gasteiger partial charge >= 0.3 is 0 Å². The molecule has 0 aliphatic heterocycles. The number of hydrogen-bond donors (Lipinski definition) is 2. The number of aliphatic hydroxyl groups excluding tert-OH is 2. The van der Waals surface area contributed by atoms with Crippen LogP contribution in [0.4, 0.5) is 0 Å². The summed E-state index contributed by atoms with van der Waals surface area (Å²) in [5.74, 6) is 0. The Bertz CT molecular complexity index is 184. The van der Waals surface area contributed by atoms with Gasteiger partial charge in [0.15, 0.2) is 0 Å². The van der Waals surface area contributed by atoms with E-state index >= 15 is 0 Å². The average Bonchev–Trinajstić information content (AvgIpc) is 2.50. The monoisotopic (exact) mass is 314 g/mol. The molecule has 134 valence electrons. The van der Waals surface area contributed by atoms with Crippen LogP contribution in [0.5, 0.6) is 0 Å². The van der Waals surface area contributed by atoms with Crippen LogP contribution in [0.25, 0.3) is 0 Å². The minimum atomic E-state index is -0.0650. The van der Waals surface area contributed by atoms with Gasteiger partial charge in [-0.2, -0.15) is 0 Å². The van der Waals surface area contributed by atoms with Gasteiger partial charge in [-0.25, -0.2) is 0 Å². The van der Waals surface area contributed by atoms with E-state index in [2.05, 4.69) is 13.8 Å². The van der Waals surface area contributed by atoms with Gasteiger partial charge in [-0.3, -0.25) is 0 Å². The van der Waals surface area contributed by atoms with Crippen molar-refractivity contribution in [2.45, 2.75) is 129 Å². The molecule has 0 rings (SSSR count). The zero-order chi connectivity index (χ0) is 16.5. The molecule has 0 amide bonds. The highest BCUT2D eigenvalue weighted by Crippen LogP contribution is 2.15. The smallest absolute Gasteiger partial charge is 0.0540 e. The molecule has 0 fully saturated rings. The standard InChI is InChI=1S/C20H42O2/c1-3-5-11-15-19(21)17-13-9-7-8-10-14-18-20(22)16-12-6-4-2/h19-22H,3-18H2,1-2H3. The van der Waals surface area contributed by atoms with Crippen molar-refractivity contribution in [3.8, 4) is 0 Å². The molecule has 0 saturated heterocycles. The first kappa shape index (κ1) is 21.9. The Kier molecular flexibility index (Phi) is 17.2. The number of aliphatic hydroxyl groups is 2. The van der Waals surface area contributed by atoms with E-state index in [1.54, 1.807) is 0 Å². The molecule has 2 unspecified atom stereocenters. The average molecular weight is 315 g/mol. The van der Waals surface area contributed by atoms with Crippen molar-refractivity contribution >= 4 is 0 Å². The maximum absolute atomic E-state index is 9.84. The van der Waals surface area contributed by atoms with E-state index in [4.69, 9.17) is 0 Å². The molecule has 0 aliphatic rings. The second-order valence-corrected chi connectivity index (χ2v) is 7.00. The quantitative estimate of drug-likeness (QED) is 0.324. The lowest BCUT2D eigenvalue weighted by Crippen LogP contribution is -2.06. The van der Waals surface area contributed by atoms with E-state index in [0.717, 1.165) is 25.7 Å². The van der Waals surface area contributed by atoms with E-state index in [-0.39, 0.29) is 12.2 Å². The maximum atomic E-state index is 9.84. The van der Waals surface area contributed by atoms with Crippen LogP contribution in [-0.4, -0.2) is 22.4 Å². The van der Waals surface area contributed by atoms with Crippen LogP contribution >= 0.6 is 0 Å². The van der Waals surface area contributed by atoms with Gasteiger partial charge in [0.05, 0.1) is 12.2 Å². The molecule has 0 spiro atoms. The summed E-state index contributed by atoms with van der Waals surface area (Å²) in [6.07, 6.45) is 18.6. The Hall–Kier alpha value is -0.0800. The summed E-state index contributed by atoms with van der Waals surface area (Å²) in [6.45, 7) is 4.41. The second kappa shape index (κ2) is 17.3. The third-order valence-electron chi connectivity index (χ3n) is 4.61. The zero-order valence-corrected chi connectivity index (χ0v) is 15.4. The summed E-state index contributed by atoms with van der Waals surface area (Å²) in [5, 5.41) is 19.7. The molecule has 22 heavy (non-hydrogen) atoms. The first-order valence-electron chi connectivity index (χ1n) is 10.1. The summed E-state index contributed by atoms with van der Waals surface area (Å²) in [7, 11) is 0. The fourth-order valence-corrected chi connectivity index (χ4v) is 3.02. The van der Waals surface area contributed by atoms with Crippen LogP contribution in [0.3, 0.4) is 0 Å². The van der Waals surface area contributed by atoms with E-state index < -0.39 is 0 Å². The van der Waals surface area contributed by atoms with Crippen LogP contribution < -0.4 is 0 Å². The summed E-state index contributed by atoms with van der Waals surface area (Å²) in [4.78, 5) is 0. The molecule has 2 heteroatoms. The topological polar surface area (TPSA) is 40.5 Å². The molecule has 0 aromatic rings. The molecule has 0 heterocycles. The van der Waals surface area contributed by atoms with Gasteiger partial charge in [0.25, 0.3) is 0 Å². The van der Waals surface area contributed by atoms with E-state index in [1.807, 2.05) is 0 Å². The van der Waals surface area contributed by atoms with Crippen molar-refractivity contribution in [1.82, 2.24) is 0 Å². The molecule has 0 aromatic heterocycles. The Balaban J connectivity index is 3.19.